The second-order valence-corrected chi connectivity index (χ2v) is 28.0. The van der Waals surface area contributed by atoms with Crippen molar-refractivity contribution in [3.8, 4) is 73.2 Å². The number of pyridine rings is 1. The Morgan fingerprint density at radius 1 is 0.467 bits per heavy atom. The molecular weight excluding hydrogens is 1280 g/mol. The van der Waals surface area contributed by atoms with E-state index in [4.69, 9.17) is 14.1 Å². The van der Waals surface area contributed by atoms with Crippen LogP contribution < -0.4 is 9.30 Å². The zero-order chi connectivity index (χ0) is 64.4. The summed E-state index contributed by atoms with van der Waals surface area (Å²) in [6.45, 7) is 24.6. The van der Waals surface area contributed by atoms with Gasteiger partial charge < -0.3 is 18.3 Å². The molecule has 4 aromatic heterocycles. The number of rotatable bonds is 9. The molecule has 0 fully saturated rings. The summed E-state index contributed by atoms with van der Waals surface area (Å²) in [5.74, 6) is 1.37. The van der Waals surface area contributed by atoms with Crippen LogP contribution in [0.2, 0.25) is 0 Å². The van der Waals surface area contributed by atoms with Gasteiger partial charge in [0.2, 0.25) is 0 Å². The van der Waals surface area contributed by atoms with Crippen molar-refractivity contribution < 1.29 is 38.9 Å². The number of nitrogens with zero attached hydrogens (tertiary/aromatic N) is 4. The quantitative estimate of drug-likeness (QED) is 0.107. The maximum Gasteiger partial charge on any atom is 0.268 e. The molecule has 6 nitrogen and oxygen atoms in total. The summed E-state index contributed by atoms with van der Waals surface area (Å²) in [6, 6.07) is 78.5. The number of aromatic nitrogens is 4. The first-order valence-electron chi connectivity index (χ1n) is 32.3. The van der Waals surface area contributed by atoms with Gasteiger partial charge in [-0.05, 0) is 149 Å². The van der Waals surface area contributed by atoms with Crippen molar-refractivity contribution in [2.45, 2.75) is 112 Å². The number of furan rings is 1. The Balaban J connectivity index is 0.00000787. The van der Waals surface area contributed by atoms with Crippen LogP contribution in [0.15, 0.2) is 217 Å². The molecule has 7 heteroatoms. The Kier molecular flexibility index (Phi) is 14.0. The molecule has 450 valence electrons. The fourth-order valence-electron chi connectivity index (χ4n) is 12.4. The largest absolute Gasteiger partial charge is 0.510 e. The van der Waals surface area contributed by atoms with E-state index in [0.717, 1.165) is 99.6 Å². The number of fused-ring (bicyclic) bond motifs is 7. The fraction of sp³-hybridized carbons (Fsp3) is 0.205. The van der Waals surface area contributed by atoms with E-state index in [2.05, 4.69) is 227 Å². The van der Waals surface area contributed by atoms with Crippen LogP contribution >= 0.6 is 0 Å². The summed E-state index contributed by atoms with van der Waals surface area (Å²) in [7, 11) is 0. The van der Waals surface area contributed by atoms with E-state index in [1.54, 1.807) is 12.3 Å². The van der Waals surface area contributed by atoms with Crippen molar-refractivity contribution in [1.82, 2.24) is 14.1 Å². The SMILES string of the molecule is [2H]C([2H])([2H])c1cc(-n2c3[c-]c(Oc4[c-]c(-n5[c-][n+](-c6c(-c7ccccc7)ccc7oc8ccccc8c67)c6ccccc65)ccc4)ccc3c3ccccc32)ncc1-c1cc(-c2cc(C(C)(C)C)cc(C(C)(C)C)c2)cc(-c2cc(C(C)(C)C)cc(C(C)(C)C)c2)c1.[Pt]. The third kappa shape index (κ3) is 11.0. The molecule has 0 spiro atoms. The predicted octanol–water partition coefficient (Wildman–Crippen LogP) is 21.7. The minimum atomic E-state index is -2.54. The van der Waals surface area contributed by atoms with Crippen molar-refractivity contribution in [2.75, 3.05) is 0 Å². The smallest absolute Gasteiger partial charge is 0.268 e. The van der Waals surface area contributed by atoms with Crippen molar-refractivity contribution >= 4 is 54.8 Å². The number of benzene rings is 10. The van der Waals surface area contributed by atoms with Crippen molar-refractivity contribution in [2.24, 2.45) is 0 Å². The molecular formula is C83H74N4O2Pt-2. The maximum atomic E-state index is 9.32. The first-order valence-corrected chi connectivity index (χ1v) is 30.8. The third-order valence-corrected chi connectivity index (χ3v) is 17.5. The molecule has 0 aliphatic rings. The van der Waals surface area contributed by atoms with Crippen LogP contribution in [0.4, 0.5) is 0 Å². The average Bonchev–Trinajstić information content (AvgIpc) is 1.62. The van der Waals surface area contributed by atoms with Gasteiger partial charge in [-0.1, -0.05) is 222 Å². The molecule has 0 aliphatic carbocycles. The van der Waals surface area contributed by atoms with Crippen molar-refractivity contribution in [3.05, 3.63) is 259 Å². The van der Waals surface area contributed by atoms with Gasteiger partial charge in [-0.3, -0.25) is 4.57 Å². The van der Waals surface area contributed by atoms with E-state index in [9.17, 15) is 4.11 Å². The van der Waals surface area contributed by atoms with Gasteiger partial charge in [-0.15, -0.1) is 29.7 Å². The summed E-state index contributed by atoms with van der Waals surface area (Å²) < 4.78 is 47.4. The zero-order valence-corrected chi connectivity index (χ0v) is 55.4. The zero-order valence-electron chi connectivity index (χ0n) is 56.1. The molecule has 0 saturated carbocycles. The van der Waals surface area contributed by atoms with Crippen LogP contribution in [0.25, 0.3) is 116 Å². The number of aryl methyl sites for hydroxylation is 1. The molecule has 0 bridgehead atoms. The van der Waals surface area contributed by atoms with Crippen LogP contribution in [-0.4, -0.2) is 14.1 Å². The topological polar surface area (TPSA) is 49.0 Å². The Morgan fingerprint density at radius 2 is 1.03 bits per heavy atom. The van der Waals surface area contributed by atoms with Crippen LogP contribution in [0, 0.1) is 25.3 Å². The van der Waals surface area contributed by atoms with Gasteiger partial charge in [0.25, 0.3) is 6.33 Å². The summed E-state index contributed by atoms with van der Waals surface area (Å²) in [4.78, 5) is 5.25. The maximum absolute atomic E-state index is 9.32. The Bertz CT molecular complexity index is 5080. The van der Waals surface area contributed by atoms with E-state index in [0.29, 0.717) is 28.4 Å². The van der Waals surface area contributed by atoms with E-state index < -0.39 is 6.85 Å². The number of hydrogen-bond donors (Lipinski definition) is 0. The molecule has 0 aliphatic heterocycles. The molecule has 0 N–H and O–H groups in total. The molecule has 0 unspecified atom stereocenters. The van der Waals surface area contributed by atoms with Crippen molar-refractivity contribution in [3.63, 3.8) is 0 Å². The predicted molar refractivity (Wildman–Crippen MR) is 369 cm³/mol. The van der Waals surface area contributed by atoms with Crippen LogP contribution in [-0.2, 0) is 42.7 Å². The van der Waals surface area contributed by atoms with E-state index >= 15 is 0 Å². The van der Waals surface area contributed by atoms with Gasteiger partial charge in [0.1, 0.15) is 17.0 Å². The summed E-state index contributed by atoms with van der Waals surface area (Å²) in [5, 5.41) is 3.90. The minimum Gasteiger partial charge on any atom is -0.510 e. The molecule has 4 heterocycles. The normalized spacial score (nSPS) is 13.0. The summed E-state index contributed by atoms with van der Waals surface area (Å²) >= 11 is 0. The molecule has 0 atom stereocenters. The first kappa shape index (κ1) is 56.2. The number of ether oxygens (including phenoxy) is 1. The second-order valence-electron chi connectivity index (χ2n) is 28.0. The third-order valence-electron chi connectivity index (χ3n) is 17.5. The van der Waals surface area contributed by atoms with Gasteiger partial charge >= 0.3 is 0 Å². The Labute approximate surface area is 547 Å². The summed E-state index contributed by atoms with van der Waals surface area (Å²) in [6.07, 6.45) is 5.51. The van der Waals surface area contributed by atoms with E-state index in [1.165, 1.54) is 22.3 Å². The van der Waals surface area contributed by atoms with Crippen LogP contribution in [0.1, 0.15) is 115 Å². The minimum absolute atomic E-state index is 0. The van der Waals surface area contributed by atoms with Gasteiger partial charge in [-0.25, -0.2) is 4.98 Å². The van der Waals surface area contributed by atoms with Gasteiger partial charge in [0, 0.05) is 64.7 Å². The van der Waals surface area contributed by atoms with Gasteiger partial charge in [-0.2, -0.15) is 18.2 Å². The molecule has 0 radical (unpaired) electrons. The number of imidazole rings is 1. The van der Waals surface area contributed by atoms with Gasteiger partial charge in [0.05, 0.1) is 16.7 Å². The second kappa shape index (κ2) is 22.4. The molecule has 0 amide bonds. The van der Waals surface area contributed by atoms with Crippen molar-refractivity contribution in [1.29, 1.82) is 0 Å². The standard InChI is InChI=1S/C83H74N4O2.Pt/c1-52-38-77(84-50-70(52)58-40-54(56-42-59(80(2,3)4)46-60(43-56)81(5,6)7)39-55(41-58)57-44-61(82(8,9)10)47-62(45-57)83(11,12)13)87-71-30-19-17-28-67(71)68-35-34-65(49-74(68)87)88-64-27-23-26-63(48-64)85-51-86(73-32-21-20-31-72(73)85)79-66(53-24-15-14-16-25-53)36-37-76-78(79)69-29-18-22-33-75(69)89-76;/h14-47,50H,1-13H3;/q-2;/i1D3;. The molecule has 90 heavy (non-hydrogen) atoms. The van der Waals surface area contributed by atoms with Crippen LogP contribution in [0.5, 0.6) is 11.5 Å². The number of para-hydroxylation sites is 4. The fourth-order valence-corrected chi connectivity index (χ4v) is 12.4. The first-order chi connectivity index (χ1) is 43.7. The van der Waals surface area contributed by atoms with E-state index in [-0.39, 0.29) is 48.3 Å². The monoisotopic (exact) mass is 1360 g/mol. The van der Waals surface area contributed by atoms with E-state index in [1.807, 2.05) is 88.0 Å². The molecule has 14 rings (SSSR count). The van der Waals surface area contributed by atoms with Crippen LogP contribution in [0.3, 0.4) is 0 Å². The molecule has 0 saturated heterocycles. The van der Waals surface area contributed by atoms with Gasteiger partial charge in [0.15, 0.2) is 0 Å². The Hall–Kier alpha value is -9.09. The average molecular weight is 1360 g/mol. The summed E-state index contributed by atoms with van der Waals surface area (Å²) in [5.41, 5.74) is 18.9. The molecule has 10 aromatic carbocycles. The Morgan fingerprint density at radius 3 is 1.68 bits per heavy atom. The number of hydrogen-bond acceptors (Lipinski definition) is 3. The molecule has 14 aromatic rings.